The lowest BCUT2D eigenvalue weighted by Crippen LogP contribution is -2.01. The molecule has 2 N–H and O–H groups in total. The van der Waals surface area contributed by atoms with Crippen molar-refractivity contribution in [1.29, 1.82) is 5.26 Å². The zero-order chi connectivity index (χ0) is 20.4. The highest BCUT2D eigenvalue weighted by Gasteiger charge is 2.17. The first-order chi connectivity index (χ1) is 14.1. The van der Waals surface area contributed by atoms with Gasteiger partial charge in [0.25, 0.3) is 0 Å². The van der Waals surface area contributed by atoms with Crippen molar-refractivity contribution in [3.63, 3.8) is 0 Å². The molecule has 0 saturated heterocycles. The molecule has 0 fully saturated rings. The molecule has 144 valence electrons. The molecule has 0 spiro atoms. The third-order valence-electron chi connectivity index (χ3n) is 4.88. The minimum Gasteiger partial charge on any atom is -0.493 e. The lowest BCUT2D eigenvalue weighted by Gasteiger charge is -2.17. The SMILES string of the molecule is COc1ccc(-c2c(C)ncc(C#N)c2Nc2ccc3[nH]ccc3c2)cc1OC. The van der Waals surface area contributed by atoms with Crippen molar-refractivity contribution in [3.05, 3.63) is 66.1 Å². The summed E-state index contributed by atoms with van der Waals surface area (Å²) >= 11 is 0. The molecule has 0 aliphatic carbocycles. The molecule has 2 heterocycles. The Morgan fingerprint density at radius 1 is 1.03 bits per heavy atom. The second-order valence-corrected chi connectivity index (χ2v) is 6.59. The van der Waals surface area contributed by atoms with E-state index in [1.54, 1.807) is 20.4 Å². The molecular weight excluding hydrogens is 364 g/mol. The number of rotatable bonds is 5. The molecule has 0 unspecified atom stereocenters. The molecule has 29 heavy (non-hydrogen) atoms. The van der Waals surface area contributed by atoms with Crippen molar-refractivity contribution >= 4 is 22.3 Å². The fourth-order valence-corrected chi connectivity index (χ4v) is 3.44. The Morgan fingerprint density at radius 3 is 2.62 bits per heavy atom. The fourth-order valence-electron chi connectivity index (χ4n) is 3.44. The quantitative estimate of drug-likeness (QED) is 0.496. The van der Waals surface area contributed by atoms with Crippen molar-refractivity contribution in [3.8, 4) is 28.7 Å². The van der Waals surface area contributed by atoms with E-state index in [0.717, 1.165) is 33.4 Å². The van der Waals surface area contributed by atoms with Gasteiger partial charge in [-0.15, -0.1) is 0 Å². The van der Waals surface area contributed by atoms with Crippen LogP contribution in [0.15, 0.2) is 54.9 Å². The van der Waals surface area contributed by atoms with Crippen LogP contribution in [0.25, 0.3) is 22.0 Å². The van der Waals surface area contributed by atoms with Crippen molar-refractivity contribution < 1.29 is 9.47 Å². The van der Waals surface area contributed by atoms with Crippen LogP contribution in [-0.4, -0.2) is 24.2 Å². The summed E-state index contributed by atoms with van der Waals surface area (Å²) in [6.45, 7) is 1.92. The number of hydrogen-bond acceptors (Lipinski definition) is 5. The topological polar surface area (TPSA) is 83.0 Å². The number of pyridine rings is 1. The number of hydrogen-bond donors (Lipinski definition) is 2. The Morgan fingerprint density at radius 2 is 1.86 bits per heavy atom. The van der Waals surface area contributed by atoms with Crippen molar-refractivity contribution in [2.45, 2.75) is 6.92 Å². The van der Waals surface area contributed by atoms with Gasteiger partial charge < -0.3 is 19.8 Å². The minimum absolute atomic E-state index is 0.467. The van der Waals surface area contributed by atoms with Crippen molar-refractivity contribution in [2.75, 3.05) is 19.5 Å². The number of methoxy groups -OCH3 is 2. The van der Waals surface area contributed by atoms with Gasteiger partial charge in [-0.05, 0) is 48.9 Å². The van der Waals surface area contributed by atoms with Crippen LogP contribution in [0.5, 0.6) is 11.5 Å². The number of nitriles is 1. The summed E-state index contributed by atoms with van der Waals surface area (Å²) in [6.07, 6.45) is 3.50. The van der Waals surface area contributed by atoms with Crippen LogP contribution in [0.2, 0.25) is 0 Å². The smallest absolute Gasteiger partial charge is 0.161 e. The van der Waals surface area contributed by atoms with Gasteiger partial charge in [-0.3, -0.25) is 4.98 Å². The van der Waals surface area contributed by atoms with Crippen LogP contribution in [0, 0.1) is 18.3 Å². The average molecular weight is 384 g/mol. The number of nitrogens with one attached hydrogen (secondary N) is 2. The summed E-state index contributed by atoms with van der Waals surface area (Å²) in [4.78, 5) is 7.62. The number of aromatic amines is 1. The van der Waals surface area contributed by atoms with Gasteiger partial charge in [0.1, 0.15) is 6.07 Å². The van der Waals surface area contributed by atoms with Gasteiger partial charge in [0.15, 0.2) is 11.5 Å². The summed E-state index contributed by atoms with van der Waals surface area (Å²) in [7, 11) is 3.20. The van der Waals surface area contributed by atoms with Crippen LogP contribution < -0.4 is 14.8 Å². The van der Waals surface area contributed by atoms with Crippen LogP contribution >= 0.6 is 0 Å². The van der Waals surface area contributed by atoms with E-state index in [1.165, 1.54) is 0 Å². The van der Waals surface area contributed by atoms with E-state index >= 15 is 0 Å². The molecule has 0 bridgehead atoms. The number of aromatic nitrogens is 2. The average Bonchev–Trinajstić information content (AvgIpc) is 3.21. The number of ether oxygens (including phenoxy) is 2. The van der Waals surface area contributed by atoms with Crippen LogP contribution in [0.4, 0.5) is 11.4 Å². The molecule has 0 atom stereocenters. The normalized spacial score (nSPS) is 10.6. The van der Waals surface area contributed by atoms with E-state index in [1.807, 2.05) is 55.6 Å². The summed E-state index contributed by atoms with van der Waals surface area (Å²) in [5.74, 6) is 1.26. The number of aryl methyl sites for hydroxylation is 1. The maximum absolute atomic E-state index is 9.70. The minimum atomic E-state index is 0.467. The molecule has 0 saturated carbocycles. The second-order valence-electron chi connectivity index (χ2n) is 6.59. The van der Waals surface area contributed by atoms with Crippen LogP contribution in [0.1, 0.15) is 11.3 Å². The standard InChI is InChI=1S/C23H20N4O2/c1-14-22(16-4-7-20(28-2)21(11-16)29-3)23(17(12-24)13-26-14)27-18-5-6-19-15(10-18)8-9-25-19/h4-11,13,25H,1-3H3,(H,26,27). The van der Waals surface area contributed by atoms with E-state index < -0.39 is 0 Å². The van der Waals surface area contributed by atoms with Crippen LogP contribution in [0.3, 0.4) is 0 Å². The molecule has 4 aromatic rings. The van der Waals surface area contributed by atoms with Gasteiger partial charge in [-0.2, -0.15) is 5.26 Å². The van der Waals surface area contributed by atoms with Crippen molar-refractivity contribution in [2.24, 2.45) is 0 Å². The van der Waals surface area contributed by atoms with Gasteiger partial charge >= 0.3 is 0 Å². The highest BCUT2D eigenvalue weighted by molar-refractivity contribution is 5.89. The zero-order valence-corrected chi connectivity index (χ0v) is 16.4. The molecule has 2 aromatic carbocycles. The Bertz CT molecular complexity index is 1240. The van der Waals surface area contributed by atoms with Crippen LogP contribution in [-0.2, 0) is 0 Å². The predicted molar refractivity (Wildman–Crippen MR) is 114 cm³/mol. The second kappa shape index (κ2) is 7.56. The lowest BCUT2D eigenvalue weighted by atomic mass is 9.99. The molecular formula is C23H20N4O2. The Labute approximate surface area is 168 Å². The molecule has 4 rings (SSSR count). The van der Waals surface area contributed by atoms with E-state index in [9.17, 15) is 5.26 Å². The van der Waals surface area contributed by atoms with Gasteiger partial charge in [0.2, 0.25) is 0 Å². The monoisotopic (exact) mass is 384 g/mol. The zero-order valence-electron chi connectivity index (χ0n) is 16.4. The Kier molecular flexibility index (Phi) is 4.80. The fraction of sp³-hybridized carbons (Fsp3) is 0.130. The summed E-state index contributed by atoms with van der Waals surface area (Å²) < 4.78 is 10.8. The number of anilines is 2. The number of nitrogens with zero attached hydrogens (tertiary/aromatic N) is 2. The number of fused-ring (bicyclic) bond motifs is 1. The largest absolute Gasteiger partial charge is 0.493 e. The maximum atomic E-state index is 9.70. The maximum Gasteiger partial charge on any atom is 0.161 e. The van der Waals surface area contributed by atoms with Gasteiger partial charge in [-0.1, -0.05) is 6.07 Å². The number of benzene rings is 2. The Hall–Kier alpha value is -3.98. The highest BCUT2D eigenvalue weighted by Crippen LogP contribution is 2.39. The first-order valence-electron chi connectivity index (χ1n) is 9.11. The molecule has 2 aromatic heterocycles. The summed E-state index contributed by atoms with van der Waals surface area (Å²) in [6, 6.07) is 16.0. The number of H-pyrrole nitrogens is 1. The van der Waals surface area contributed by atoms with Gasteiger partial charge in [0, 0.05) is 40.2 Å². The Balaban J connectivity index is 1.87. The first kappa shape index (κ1) is 18.4. The molecule has 0 radical (unpaired) electrons. The highest BCUT2D eigenvalue weighted by atomic mass is 16.5. The molecule has 0 amide bonds. The predicted octanol–water partition coefficient (Wildman–Crippen LogP) is 5.17. The van der Waals surface area contributed by atoms with E-state index in [-0.39, 0.29) is 0 Å². The molecule has 6 heteroatoms. The third kappa shape index (κ3) is 3.34. The van der Waals surface area contributed by atoms with E-state index in [4.69, 9.17) is 9.47 Å². The van der Waals surface area contributed by atoms with E-state index in [0.29, 0.717) is 22.7 Å². The lowest BCUT2D eigenvalue weighted by molar-refractivity contribution is 0.355. The summed E-state index contributed by atoms with van der Waals surface area (Å²) in [5.41, 5.74) is 5.66. The summed E-state index contributed by atoms with van der Waals surface area (Å²) in [5, 5.41) is 14.2. The third-order valence-corrected chi connectivity index (χ3v) is 4.88. The molecule has 6 nitrogen and oxygen atoms in total. The van der Waals surface area contributed by atoms with Gasteiger partial charge in [0.05, 0.1) is 25.5 Å². The molecule has 0 aliphatic rings. The van der Waals surface area contributed by atoms with Crippen molar-refractivity contribution in [1.82, 2.24) is 9.97 Å². The molecule has 0 aliphatic heterocycles. The first-order valence-corrected chi connectivity index (χ1v) is 9.11. The van der Waals surface area contributed by atoms with Gasteiger partial charge in [-0.25, -0.2) is 0 Å². The van der Waals surface area contributed by atoms with E-state index in [2.05, 4.69) is 21.4 Å².